The monoisotopic (exact) mass is 303 g/mol. The lowest BCUT2D eigenvalue weighted by molar-refractivity contribution is -0.116. The van der Waals surface area contributed by atoms with E-state index in [1.54, 1.807) is 24.3 Å². The number of hydrogen-bond acceptors (Lipinski definition) is 2. The maximum absolute atomic E-state index is 11.9. The summed E-state index contributed by atoms with van der Waals surface area (Å²) in [5.41, 5.74) is 0.760. The fourth-order valence-electron chi connectivity index (χ4n) is 2.44. The number of carbonyl (C=O) groups excluding carboxylic acids is 1. The van der Waals surface area contributed by atoms with Gasteiger partial charge >= 0.3 is 0 Å². The van der Waals surface area contributed by atoms with Gasteiger partial charge in [-0.15, -0.1) is 0 Å². The molecule has 110 valence electrons. The summed E-state index contributed by atoms with van der Waals surface area (Å²) < 4.78 is 5.80. The van der Waals surface area contributed by atoms with Crippen LogP contribution in [0.3, 0.4) is 0 Å². The highest BCUT2D eigenvalue weighted by Gasteiger charge is 2.36. The molecule has 2 aromatic rings. The maximum Gasteiger partial charge on any atom is 0.224 e. The molecule has 0 bridgehead atoms. The predicted molar refractivity (Wildman–Crippen MR) is 83.6 cm³/mol. The van der Waals surface area contributed by atoms with Gasteiger partial charge in [0.1, 0.15) is 11.5 Å². The number of benzene rings is 1. The molecule has 1 N–H and O–H groups in total. The number of nitrogens with one attached hydrogen (secondary N) is 1. The summed E-state index contributed by atoms with van der Waals surface area (Å²) in [6.07, 6.45) is 2.25. The third-order valence-corrected chi connectivity index (χ3v) is 4.14. The molecule has 0 radical (unpaired) electrons. The molecule has 1 aromatic heterocycles. The van der Waals surface area contributed by atoms with Crippen molar-refractivity contribution < 1.29 is 9.21 Å². The van der Waals surface area contributed by atoms with Gasteiger partial charge < -0.3 is 9.73 Å². The largest absolute Gasteiger partial charge is 0.466 e. The molecule has 1 aliphatic carbocycles. The van der Waals surface area contributed by atoms with Crippen molar-refractivity contribution in [3.63, 3.8) is 0 Å². The van der Waals surface area contributed by atoms with Crippen molar-refractivity contribution in [3.8, 4) is 0 Å². The average molecular weight is 304 g/mol. The summed E-state index contributed by atoms with van der Waals surface area (Å²) in [5, 5.41) is 3.51. The molecule has 0 spiro atoms. The Hall–Kier alpha value is -1.74. The molecule has 0 unspecified atom stereocenters. The zero-order valence-corrected chi connectivity index (χ0v) is 12.7. The molecule has 1 saturated carbocycles. The van der Waals surface area contributed by atoms with Gasteiger partial charge in [-0.3, -0.25) is 4.79 Å². The van der Waals surface area contributed by atoms with Crippen molar-refractivity contribution in [2.24, 2.45) is 5.92 Å². The van der Waals surface area contributed by atoms with Crippen LogP contribution in [0.1, 0.15) is 37.2 Å². The second kappa shape index (κ2) is 5.94. The zero-order valence-electron chi connectivity index (χ0n) is 11.9. The third-order valence-electron chi connectivity index (χ3n) is 3.88. The minimum absolute atomic E-state index is 0.0185. The van der Waals surface area contributed by atoms with E-state index in [0.29, 0.717) is 23.8 Å². The van der Waals surface area contributed by atoms with E-state index >= 15 is 0 Å². The van der Waals surface area contributed by atoms with Crippen LogP contribution in [0.2, 0.25) is 5.02 Å². The van der Waals surface area contributed by atoms with Crippen molar-refractivity contribution in [3.05, 3.63) is 52.9 Å². The predicted octanol–water partition coefficient (Wildman–Crippen LogP) is 4.63. The highest BCUT2D eigenvalue weighted by atomic mass is 35.5. The van der Waals surface area contributed by atoms with E-state index in [-0.39, 0.29) is 5.91 Å². The Kier molecular flexibility index (Phi) is 4.02. The molecule has 3 nitrogen and oxygen atoms in total. The van der Waals surface area contributed by atoms with Crippen LogP contribution in [-0.2, 0) is 11.2 Å². The van der Waals surface area contributed by atoms with Gasteiger partial charge in [-0.25, -0.2) is 0 Å². The van der Waals surface area contributed by atoms with E-state index in [4.69, 9.17) is 16.0 Å². The molecule has 1 aromatic carbocycles. The fourth-order valence-corrected chi connectivity index (χ4v) is 2.57. The molecule has 1 amide bonds. The minimum atomic E-state index is -0.0185. The highest BCUT2D eigenvalue weighted by molar-refractivity contribution is 6.30. The number of amides is 1. The van der Waals surface area contributed by atoms with Crippen molar-refractivity contribution >= 4 is 23.2 Å². The molecule has 1 heterocycles. The molecule has 3 rings (SSSR count). The van der Waals surface area contributed by atoms with Gasteiger partial charge in [0.25, 0.3) is 0 Å². The van der Waals surface area contributed by atoms with Crippen LogP contribution >= 0.6 is 11.6 Å². The Balaban J connectivity index is 1.49. The van der Waals surface area contributed by atoms with E-state index in [2.05, 4.69) is 12.2 Å². The second-order valence-corrected chi connectivity index (χ2v) is 6.12. The summed E-state index contributed by atoms with van der Waals surface area (Å²) in [6, 6.07) is 11.1. The lowest BCUT2D eigenvalue weighted by atomic mass is 10.2. The molecular formula is C17H18ClNO2. The summed E-state index contributed by atoms with van der Waals surface area (Å²) in [7, 11) is 0. The van der Waals surface area contributed by atoms with E-state index in [0.717, 1.165) is 23.1 Å². The Labute approximate surface area is 129 Å². The second-order valence-electron chi connectivity index (χ2n) is 5.68. The van der Waals surface area contributed by atoms with Crippen LogP contribution in [-0.4, -0.2) is 5.91 Å². The Morgan fingerprint density at radius 2 is 2.00 bits per heavy atom. The van der Waals surface area contributed by atoms with Gasteiger partial charge in [-0.1, -0.05) is 18.5 Å². The number of halogens is 1. The fraction of sp³-hybridized carbons (Fsp3) is 0.353. The lowest BCUT2D eigenvalue weighted by Crippen LogP contribution is -2.11. The molecule has 0 aliphatic heterocycles. The molecule has 1 aliphatic rings. The van der Waals surface area contributed by atoms with Gasteiger partial charge in [-0.2, -0.15) is 0 Å². The summed E-state index contributed by atoms with van der Waals surface area (Å²) in [5.74, 6) is 3.25. The standard InChI is InChI=1S/C17H18ClNO2/c1-11-10-15(11)16-8-6-14(21-16)7-9-17(20)19-13-4-2-12(18)3-5-13/h2-6,8,11,15H,7,9-10H2,1H3,(H,19,20)/t11-,15+/m0/s1. The third kappa shape index (κ3) is 3.67. The van der Waals surface area contributed by atoms with Gasteiger partial charge in [0.05, 0.1) is 0 Å². The van der Waals surface area contributed by atoms with E-state index in [9.17, 15) is 4.79 Å². The summed E-state index contributed by atoms with van der Waals surface area (Å²) >= 11 is 5.81. The molecule has 1 fully saturated rings. The number of hydrogen-bond donors (Lipinski definition) is 1. The van der Waals surface area contributed by atoms with Crippen molar-refractivity contribution in [2.75, 3.05) is 5.32 Å². The van der Waals surface area contributed by atoms with Gasteiger partial charge in [0.2, 0.25) is 5.91 Å². The number of aryl methyl sites for hydroxylation is 1. The first-order valence-corrected chi connectivity index (χ1v) is 7.63. The molecule has 2 atom stereocenters. The van der Waals surface area contributed by atoms with Crippen molar-refractivity contribution in [1.82, 2.24) is 0 Å². The molecule has 21 heavy (non-hydrogen) atoms. The molecule has 4 heteroatoms. The quantitative estimate of drug-likeness (QED) is 0.875. The van der Waals surface area contributed by atoms with E-state index in [1.165, 1.54) is 6.42 Å². The van der Waals surface area contributed by atoms with Gasteiger partial charge in [0, 0.05) is 29.5 Å². The van der Waals surface area contributed by atoms with Gasteiger partial charge in [-0.05, 0) is 48.7 Å². The minimum Gasteiger partial charge on any atom is -0.466 e. The maximum atomic E-state index is 11.9. The SMILES string of the molecule is C[C@H]1C[C@H]1c1ccc(CCC(=O)Nc2ccc(Cl)cc2)o1. The average Bonchev–Trinajstić information content (AvgIpc) is 3.01. The Bertz CT molecular complexity index is 632. The van der Waals surface area contributed by atoms with Crippen LogP contribution in [0.5, 0.6) is 0 Å². The smallest absolute Gasteiger partial charge is 0.224 e. The first-order chi connectivity index (χ1) is 10.1. The first kappa shape index (κ1) is 14.2. The lowest BCUT2D eigenvalue weighted by Gasteiger charge is -2.04. The number of anilines is 1. The molecular weight excluding hydrogens is 286 g/mol. The number of furan rings is 1. The van der Waals surface area contributed by atoms with Crippen molar-refractivity contribution in [1.29, 1.82) is 0 Å². The first-order valence-electron chi connectivity index (χ1n) is 7.26. The van der Waals surface area contributed by atoms with Crippen LogP contribution in [0.4, 0.5) is 5.69 Å². The van der Waals surface area contributed by atoms with E-state index < -0.39 is 0 Å². The normalized spacial score (nSPS) is 20.3. The molecule has 0 saturated heterocycles. The Morgan fingerprint density at radius 3 is 2.67 bits per heavy atom. The summed E-state index contributed by atoms with van der Waals surface area (Å²) in [6.45, 7) is 2.23. The van der Waals surface area contributed by atoms with Crippen LogP contribution < -0.4 is 5.32 Å². The summed E-state index contributed by atoms with van der Waals surface area (Å²) in [4.78, 5) is 11.9. The zero-order chi connectivity index (χ0) is 14.8. The number of rotatable bonds is 5. The van der Waals surface area contributed by atoms with Crippen molar-refractivity contribution in [2.45, 2.75) is 32.1 Å². The van der Waals surface area contributed by atoms with Crippen LogP contribution in [0.15, 0.2) is 40.8 Å². The number of carbonyl (C=O) groups is 1. The Morgan fingerprint density at radius 1 is 1.29 bits per heavy atom. The van der Waals surface area contributed by atoms with Crippen LogP contribution in [0.25, 0.3) is 0 Å². The van der Waals surface area contributed by atoms with Crippen LogP contribution in [0, 0.1) is 5.92 Å². The van der Waals surface area contributed by atoms with Gasteiger partial charge in [0.15, 0.2) is 0 Å². The highest BCUT2D eigenvalue weighted by Crippen LogP contribution is 2.47. The topological polar surface area (TPSA) is 42.2 Å². The van der Waals surface area contributed by atoms with E-state index in [1.807, 2.05) is 12.1 Å².